The molecule has 1 aliphatic heterocycles. The number of halogens is 2. The zero-order valence-corrected chi connectivity index (χ0v) is 16.0. The third kappa shape index (κ3) is 4.77. The van der Waals surface area contributed by atoms with E-state index in [0.717, 1.165) is 11.1 Å². The first-order valence-corrected chi connectivity index (χ1v) is 9.11. The lowest BCUT2D eigenvalue weighted by atomic mass is 10.1. The van der Waals surface area contributed by atoms with Crippen molar-refractivity contribution in [3.63, 3.8) is 0 Å². The molecule has 144 valence electrons. The molecule has 0 unspecified atom stereocenters. The zero-order valence-electron chi connectivity index (χ0n) is 15.2. The van der Waals surface area contributed by atoms with Crippen molar-refractivity contribution in [2.24, 2.45) is 0 Å². The molecule has 27 heavy (non-hydrogen) atoms. The molecule has 2 aromatic rings. The molecular weight excluding hydrogens is 371 g/mol. The molecule has 1 fully saturated rings. The molecule has 0 aliphatic carbocycles. The first-order valence-electron chi connectivity index (χ1n) is 8.73. The zero-order chi connectivity index (χ0) is 19.4. The number of carbonyl (C=O) groups excluding carboxylic acids is 1. The Balaban J connectivity index is 1.67. The number of hydrogen-bond acceptors (Lipinski definition) is 3. The SMILES string of the molecule is CO[C@H](C)c1cccc(NC(=O)N2CCO[C@@H](c3ccc(F)c(Cl)c3)C2)c1. The van der Waals surface area contributed by atoms with Crippen molar-refractivity contribution in [2.75, 3.05) is 32.1 Å². The first-order chi connectivity index (χ1) is 13.0. The van der Waals surface area contributed by atoms with Crippen LogP contribution in [0.3, 0.4) is 0 Å². The number of nitrogens with one attached hydrogen (secondary N) is 1. The van der Waals surface area contributed by atoms with Crippen LogP contribution in [0, 0.1) is 5.82 Å². The molecule has 1 aliphatic rings. The molecule has 1 N–H and O–H groups in total. The van der Waals surface area contributed by atoms with E-state index in [0.29, 0.717) is 25.4 Å². The Labute approximate surface area is 163 Å². The van der Waals surface area contributed by atoms with Crippen LogP contribution in [0.4, 0.5) is 14.9 Å². The van der Waals surface area contributed by atoms with Crippen LogP contribution in [-0.2, 0) is 9.47 Å². The van der Waals surface area contributed by atoms with Gasteiger partial charge in [0.25, 0.3) is 0 Å². The maximum atomic E-state index is 13.4. The number of carbonyl (C=O) groups is 1. The Morgan fingerprint density at radius 2 is 2.19 bits per heavy atom. The van der Waals surface area contributed by atoms with Crippen molar-refractivity contribution in [3.8, 4) is 0 Å². The third-order valence-corrected chi connectivity index (χ3v) is 4.92. The van der Waals surface area contributed by atoms with Crippen molar-refractivity contribution < 1.29 is 18.7 Å². The van der Waals surface area contributed by atoms with E-state index in [1.54, 1.807) is 24.1 Å². The molecule has 1 heterocycles. The number of amides is 2. The maximum absolute atomic E-state index is 13.4. The molecule has 2 aromatic carbocycles. The van der Waals surface area contributed by atoms with Gasteiger partial charge in [-0.1, -0.05) is 29.8 Å². The van der Waals surface area contributed by atoms with Gasteiger partial charge in [-0.05, 0) is 42.3 Å². The lowest BCUT2D eigenvalue weighted by molar-refractivity contribution is -0.0135. The standard InChI is InChI=1S/C20H22ClFN2O3/c1-13(26-2)14-4-3-5-16(10-14)23-20(25)24-8-9-27-19(12-24)15-6-7-18(22)17(21)11-15/h3-7,10-11,13,19H,8-9,12H2,1-2H3,(H,23,25)/t13-,19-/m1/s1. The van der Waals surface area contributed by atoms with Crippen molar-refractivity contribution in [1.82, 2.24) is 4.90 Å². The average Bonchev–Trinajstić information content (AvgIpc) is 2.69. The number of methoxy groups -OCH3 is 1. The lowest BCUT2D eigenvalue weighted by Crippen LogP contribution is -2.44. The number of anilines is 1. The highest BCUT2D eigenvalue weighted by atomic mass is 35.5. The van der Waals surface area contributed by atoms with Crippen LogP contribution >= 0.6 is 11.6 Å². The van der Waals surface area contributed by atoms with Gasteiger partial charge in [0.05, 0.1) is 24.3 Å². The van der Waals surface area contributed by atoms with Crippen molar-refractivity contribution in [3.05, 3.63) is 64.4 Å². The van der Waals surface area contributed by atoms with Crippen molar-refractivity contribution in [1.29, 1.82) is 0 Å². The monoisotopic (exact) mass is 392 g/mol. The van der Waals surface area contributed by atoms with Crippen LogP contribution in [0.15, 0.2) is 42.5 Å². The maximum Gasteiger partial charge on any atom is 0.322 e. The fourth-order valence-corrected chi connectivity index (χ4v) is 3.14. The van der Waals surface area contributed by atoms with Crippen molar-refractivity contribution in [2.45, 2.75) is 19.1 Å². The largest absolute Gasteiger partial charge is 0.377 e. The van der Waals surface area contributed by atoms with Gasteiger partial charge in [0.1, 0.15) is 11.9 Å². The van der Waals surface area contributed by atoms with Gasteiger partial charge in [0.15, 0.2) is 0 Å². The predicted octanol–water partition coefficient (Wildman–Crippen LogP) is 4.79. The number of rotatable bonds is 4. The highest BCUT2D eigenvalue weighted by Gasteiger charge is 2.26. The number of nitrogens with zero attached hydrogens (tertiary/aromatic N) is 1. The Hall–Kier alpha value is -2.15. The molecule has 1 saturated heterocycles. The van der Waals surface area contributed by atoms with Gasteiger partial charge in [0.2, 0.25) is 0 Å². The molecule has 0 saturated carbocycles. The van der Waals surface area contributed by atoms with Crippen LogP contribution in [0.2, 0.25) is 5.02 Å². The van der Waals surface area contributed by atoms with Crippen molar-refractivity contribution >= 4 is 23.3 Å². The van der Waals surface area contributed by atoms with Gasteiger partial charge in [-0.25, -0.2) is 9.18 Å². The summed E-state index contributed by atoms with van der Waals surface area (Å²) in [6.07, 6.45) is -0.403. The highest BCUT2D eigenvalue weighted by molar-refractivity contribution is 6.30. The van der Waals surface area contributed by atoms with Crippen LogP contribution < -0.4 is 5.32 Å². The van der Waals surface area contributed by atoms with E-state index in [9.17, 15) is 9.18 Å². The molecule has 0 spiro atoms. The van der Waals surface area contributed by atoms with E-state index in [1.807, 2.05) is 31.2 Å². The number of benzene rings is 2. The number of ether oxygens (including phenoxy) is 2. The molecule has 3 rings (SSSR count). The van der Waals surface area contributed by atoms with E-state index in [1.165, 1.54) is 6.07 Å². The Morgan fingerprint density at radius 1 is 1.37 bits per heavy atom. The summed E-state index contributed by atoms with van der Waals surface area (Å²) in [4.78, 5) is 14.3. The molecule has 2 amide bonds. The molecule has 2 atom stereocenters. The van der Waals surface area contributed by atoms with Gasteiger partial charge >= 0.3 is 6.03 Å². The number of urea groups is 1. The second-order valence-electron chi connectivity index (χ2n) is 6.41. The molecule has 5 nitrogen and oxygen atoms in total. The van der Waals surface area contributed by atoms with Gasteiger partial charge in [-0.15, -0.1) is 0 Å². The highest BCUT2D eigenvalue weighted by Crippen LogP contribution is 2.27. The van der Waals surface area contributed by atoms with Crippen LogP contribution in [-0.4, -0.2) is 37.7 Å². The Kier molecular flexibility index (Phi) is 6.31. The first kappa shape index (κ1) is 19.6. The van der Waals surface area contributed by atoms with Gasteiger partial charge in [-0.2, -0.15) is 0 Å². The fraction of sp³-hybridized carbons (Fsp3) is 0.350. The third-order valence-electron chi connectivity index (χ3n) is 4.63. The quantitative estimate of drug-likeness (QED) is 0.813. The van der Waals surface area contributed by atoms with Crippen LogP contribution in [0.25, 0.3) is 0 Å². The summed E-state index contributed by atoms with van der Waals surface area (Å²) >= 11 is 5.86. The van der Waals surface area contributed by atoms with E-state index in [-0.39, 0.29) is 23.3 Å². The summed E-state index contributed by atoms with van der Waals surface area (Å²) in [5, 5.41) is 2.96. The Morgan fingerprint density at radius 3 is 2.93 bits per heavy atom. The smallest absolute Gasteiger partial charge is 0.322 e. The fourth-order valence-electron chi connectivity index (χ4n) is 2.96. The topological polar surface area (TPSA) is 50.8 Å². The van der Waals surface area contributed by atoms with Gasteiger partial charge in [-0.3, -0.25) is 0 Å². The number of morpholine rings is 1. The van der Waals surface area contributed by atoms with E-state index < -0.39 is 5.82 Å². The van der Waals surface area contributed by atoms with E-state index in [2.05, 4.69) is 5.32 Å². The lowest BCUT2D eigenvalue weighted by Gasteiger charge is -2.33. The van der Waals surface area contributed by atoms with E-state index >= 15 is 0 Å². The summed E-state index contributed by atoms with van der Waals surface area (Å²) in [6.45, 7) is 3.18. The minimum atomic E-state index is -0.476. The summed E-state index contributed by atoms with van der Waals surface area (Å²) in [5.74, 6) is -0.476. The Bertz CT molecular complexity index is 818. The summed E-state index contributed by atoms with van der Waals surface area (Å²) in [6, 6.07) is 11.8. The molecule has 0 bridgehead atoms. The molecular formula is C20H22ClFN2O3. The summed E-state index contributed by atoms with van der Waals surface area (Å²) in [7, 11) is 1.64. The minimum absolute atomic E-state index is 0.0433. The second-order valence-corrected chi connectivity index (χ2v) is 6.82. The minimum Gasteiger partial charge on any atom is -0.377 e. The van der Waals surface area contributed by atoms with Gasteiger partial charge in [0, 0.05) is 19.3 Å². The predicted molar refractivity (Wildman–Crippen MR) is 103 cm³/mol. The number of hydrogen-bond donors (Lipinski definition) is 1. The summed E-state index contributed by atoms with van der Waals surface area (Å²) < 4.78 is 24.4. The summed E-state index contributed by atoms with van der Waals surface area (Å²) in [5.41, 5.74) is 2.43. The molecule has 0 radical (unpaired) electrons. The average molecular weight is 393 g/mol. The molecule has 7 heteroatoms. The van der Waals surface area contributed by atoms with Crippen LogP contribution in [0.5, 0.6) is 0 Å². The second kappa shape index (κ2) is 8.69. The van der Waals surface area contributed by atoms with Gasteiger partial charge < -0.3 is 19.7 Å². The van der Waals surface area contributed by atoms with E-state index in [4.69, 9.17) is 21.1 Å². The van der Waals surface area contributed by atoms with Crippen LogP contribution in [0.1, 0.15) is 30.3 Å². The molecule has 0 aromatic heterocycles. The normalized spacial score (nSPS) is 18.2.